The van der Waals surface area contributed by atoms with Crippen LogP contribution in [0.3, 0.4) is 0 Å². The number of nitrogens with one attached hydrogen (secondary N) is 1. The van der Waals surface area contributed by atoms with Crippen molar-refractivity contribution in [2.45, 2.75) is 32.1 Å². The molecule has 2 fully saturated rings. The highest BCUT2D eigenvalue weighted by Crippen LogP contribution is 2.45. The Morgan fingerprint density at radius 3 is 2.44 bits per heavy atom. The third-order valence-corrected chi connectivity index (χ3v) is 6.79. The molecule has 184 valence electrons. The second kappa shape index (κ2) is 9.77. The number of rotatable bonds is 6. The van der Waals surface area contributed by atoms with Crippen molar-refractivity contribution in [1.82, 2.24) is 5.16 Å². The molecule has 1 saturated heterocycles. The van der Waals surface area contributed by atoms with Gasteiger partial charge in [0.25, 0.3) is 5.91 Å². The van der Waals surface area contributed by atoms with Crippen molar-refractivity contribution >= 4 is 35.2 Å². The van der Waals surface area contributed by atoms with Crippen molar-refractivity contribution in [1.29, 1.82) is 0 Å². The lowest BCUT2D eigenvalue weighted by molar-refractivity contribution is -0.122. The highest BCUT2D eigenvalue weighted by Gasteiger charge is 2.50. The van der Waals surface area contributed by atoms with E-state index in [1.54, 1.807) is 19.1 Å². The fourth-order valence-electron chi connectivity index (χ4n) is 5.03. The molecule has 0 radical (unpaired) electrons. The minimum Gasteiger partial charge on any atom is -0.452 e. The summed E-state index contributed by atoms with van der Waals surface area (Å²) in [5.74, 6) is -1.27. The molecule has 1 aliphatic carbocycles. The summed E-state index contributed by atoms with van der Waals surface area (Å²) < 4.78 is 9.91. The van der Waals surface area contributed by atoms with Gasteiger partial charge in [-0.2, -0.15) is 0 Å². The number of benzene rings is 2. The quantitative estimate of drug-likeness (QED) is 0.414. The van der Waals surface area contributed by atoms with E-state index in [9.17, 15) is 19.2 Å². The van der Waals surface area contributed by atoms with Crippen molar-refractivity contribution in [2.24, 2.45) is 11.8 Å². The maximum atomic E-state index is 13.2. The van der Waals surface area contributed by atoms with Gasteiger partial charge < -0.3 is 14.6 Å². The van der Waals surface area contributed by atoms with Gasteiger partial charge in [-0.15, -0.1) is 0 Å². The summed E-state index contributed by atoms with van der Waals surface area (Å²) in [6, 6.07) is 17.7. The Balaban J connectivity index is 1.21. The van der Waals surface area contributed by atoms with Gasteiger partial charge in [0.15, 0.2) is 12.4 Å². The van der Waals surface area contributed by atoms with Gasteiger partial charge in [0.1, 0.15) is 5.76 Å². The predicted octanol–water partition coefficient (Wildman–Crippen LogP) is 3.85. The van der Waals surface area contributed by atoms with Gasteiger partial charge in [-0.3, -0.25) is 19.3 Å². The van der Waals surface area contributed by atoms with Gasteiger partial charge in [-0.05, 0) is 61.9 Å². The van der Waals surface area contributed by atoms with Gasteiger partial charge in [0.05, 0.1) is 23.1 Å². The average Bonchev–Trinajstić information content (AvgIpc) is 3.42. The molecular weight excluding hydrogens is 462 g/mol. The summed E-state index contributed by atoms with van der Waals surface area (Å²) in [6.45, 7) is 1.19. The first kappa shape index (κ1) is 23.5. The third kappa shape index (κ3) is 4.64. The molecule has 9 heteroatoms. The molecule has 0 unspecified atom stereocenters. The van der Waals surface area contributed by atoms with E-state index in [-0.39, 0.29) is 40.9 Å². The molecule has 2 aliphatic rings. The van der Waals surface area contributed by atoms with Gasteiger partial charge >= 0.3 is 5.97 Å². The standard InChI is InChI=1S/C27H25N3O6/c1-16-13-23(29-36-16)28-24(31)15-35-27(34)18-7-10-20(11-8-18)30-25(32)21-12-9-19(14-22(21)26(30)33)17-5-3-2-4-6-17/h2-8,10-11,13,19,21-22H,9,12,14-15H2,1H3,(H,28,29,31)/t19-,21+,22+/m0/s1. The van der Waals surface area contributed by atoms with E-state index in [1.807, 2.05) is 18.2 Å². The van der Waals surface area contributed by atoms with Crippen LogP contribution in [-0.2, 0) is 19.1 Å². The summed E-state index contributed by atoms with van der Waals surface area (Å²) in [4.78, 5) is 51.9. The molecular formula is C27H25N3O6. The second-order valence-corrected chi connectivity index (χ2v) is 9.14. The number of aryl methyl sites for hydroxylation is 1. The van der Waals surface area contributed by atoms with Gasteiger partial charge in [-0.25, -0.2) is 4.79 Å². The number of esters is 1. The molecule has 5 rings (SSSR count). The minimum absolute atomic E-state index is 0.188. The first-order chi connectivity index (χ1) is 17.4. The molecule has 3 atom stereocenters. The summed E-state index contributed by atoms with van der Waals surface area (Å²) in [5.41, 5.74) is 1.82. The smallest absolute Gasteiger partial charge is 0.338 e. The number of aromatic nitrogens is 1. The van der Waals surface area contributed by atoms with Crippen molar-refractivity contribution in [3.8, 4) is 0 Å². The molecule has 36 heavy (non-hydrogen) atoms. The van der Waals surface area contributed by atoms with Crippen molar-refractivity contribution in [2.75, 3.05) is 16.8 Å². The number of hydrogen-bond donors (Lipinski definition) is 1. The number of imide groups is 1. The number of nitrogens with zero attached hydrogens (tertiary/aromatic N) is 2. The monoisotopic (exact) mass is 487 g/mol. The topological polar surface area (TPSA) is 119 Å². The van der Waals surface area contributed by atoms with Crippen molar-refractivity contribution in [3.63, 3.8) is 0 Å². The Morgan fingerprint density at radius 2 is 1.75 bits per heavy atom. The number of amides is 3. The lowest BCUT2D eigenvalue weighted by Gasteiger charge is -2.28. The Kier molecular flexibility index (Phi) is 6.37. The van der Waals surface area contributed by atoms with Gasteiger partial charge in [0.2, 0.25) is 11.8 Å². The molecule has 2 aromatic carbocycles. The summed E-state index contributed by atoms with van der Waals surface area (Å²) in [7, 11) is 0. The van der Waals surface area contributed by atoms with Crippen LogP contribution in [-0.4, -0.2) is 35.5 Å². The lowest BCUT2D eigenvalue weighted by Crippen LogP contribution is -2.30. The SMILES string of the molecule is Cc1cc(NC(=O)COC(=O)c2ccc(N3C(=O)[C@@H]4CC[C@H](c5ccccc5)C[C@H]4C3=O)cc2)no1. The number of anilines is 2. The molecule has 3 amide bonds. The minimum atomic E-state index is -0.702. The van der Waals surface area contributed by atoms with E-state index in [0.29, 0.717) is 24.3 Å². The number of hydrogen-bond acceptors (Lipinski definition) is 7. The molecule has 1 aromatic heterocycles. The fourth-order valence-corrected chi connectivity index (χ4v) is 5.03. The molecule has 1 N–H and O–H groups in total. The van der Waals surface area contributed by atoms with Crippen LogP contribution in [0.1, 0.15) is 46.9 Å². The Morgan fingerprint density at radius 1 is 1.03 bits per heavy atom. The highest BCUT2D eigenvalue weighted by atomic mass is 16.5. The summed E-state index contributed by atoms with van der Waals surface area (Å²) in [6.07, 6.45) is 2.19. The van der Waals surface area contributed by atoms with E-state index >= 15 is 0 Å². The molecule has 1 saturated carbocycles. The highest BCUT2D eigenvalue weighted by molar-refractivity contribution is 6.22. The second-order valence-electron chi connectivity index (χ2n) is 9.14. The van der Waals surface area contributed by atoms with Gasteiger partial charge in [-0.1, -0.05) is 35.5 Å². The number of carbonyl (C=O) groups excluding carboxylic acids is 4. The molecule has 1 aliphatic heterocycles. The van der Waals surface area contributed by atoms with E-state index < -0.39 is 18.5 Å². The van der Waals surface area contributed by atoms with Crippen LogP contribution in [0.2, 0.25) is 0 Å². The molecule has 3 aromatic rings. The fraction of sp³-hybridized carbons (Fsp3) is 0.296. The van der Waals surface area contributed by atoms with E-state index in [1.165, 1.54) is 28.7 Å². The molecule has 0 bridgehead atoms. The Bertz CT molecular complexity index is 1300. The molecule has 2 heterocycles. The summed E-state index contributed by atoms with van der Waals surface area (Å²) >= 11 is 0. The Labute approximate surface area is 207 Å². The zero-order valence-corrected chi connectivity index (χ0v) is 19.7. The third-order valence-electron chi connectivity index (χ3n) is 6.79. The van der Waals surface area contributed by atoms with Crippen LogP contribution >= 0.6 is 0 Å². The summed E-state index contributed by atoms with van der Waals surface area (Å²) in [5, 5.41) is 6.10. The van der Waals surface area contributed by atoms with E-state index in [4.69, 9.17) is 9.26 Å². The van der Waals surface area contributed by atoms with Crippen LogP contribution in [0, 0.1) is 18.8 Å². The van der Waals surface area contributed by atoms with Crippen LogP contribution in [0.15, 0.2) is 65.2 Å². The van der Waals surface area contributed by atoms with Crippen LogP contribution in [0.5, 0.6) is 0 Å². The van der Waals surface area contributed by atoms with Crippen molar-refractivity contribution in [3.05, 3.63) is 77.6 Å². The first-order valence-corrected chi connectivity index (χ1v) is 11.8. The van der Waals surface area contributed by atoms with Crippen LogP contribution in [0.25, 0.3) is 0 Å². The molecule has 9 nitrogen and oxygen atoms in total. The van der Waals surface area contributed by atoms with E-state index in [0.717, 1.165) is 6.42 Å². The maximum Gasteiger partial charge on any atom is 0.338 e. The number of ether oxygens (including phenoxy) is 1. The van der Waals surface area contributed by atoms with Crippen LogP contribution in [0.4, 0.5) is 11.5 Å². The zero-order chi connectivity index (χ0) is 25.2. The number of carbonyl (C=O) groups is 4. The maximum absolute atomic E-state index is 13.2. The zero-order valence-electron chi connectivity index (χ0n) is 19.7. The average molecular weight is 488 g/mol. The van der Waals surface area contributed by atoms with Crippen molar-refractivity contribution < 1.29 is 28.4 Å². The lowest BCUT2D eigenvalue weighted by atomic mass is 9.73. The molecule has 0 spiro atoms. The van der Waals surface area contributed by atoms with Gasteiger partial charge in [0, 0.05) is 6.07 Å². The number of fused-ring (bicyclic) bond motifs is 1. The predicted molar refractivity (Wildman–Crippen MR) is 129 cm³/mol. The Hall–Kier alpha value is -4.27. The van der Waals surface area contributed by atoms with E-state index in [2.05, 4.69) is 22.6 Å². The normalized spacial score (nSPS) is 21.2. The largest absolute Gasteiger partial charge is 0.452 e. The first-order valence-electron chi connectivity index (χ1n) is 11.8. The van der Waals surface area contributed by atoms with Crippen LogP contribution < -0.4 is 10.2 Å².